The Hall–Kier alpha value is -3.55. The highest BCUT2D eigenvalue weighted by Gasteiger charge is 2.28. The number of aliphatic hydroxyl groups is 1. The van der Waals surface area contributed by atoms with Crippen LogP contribution in [0.5, 0.6) is 0 Å². The normalized spacial score (nSPS) is 11.8. The van der Waals surface area contributed by atoms with Gasteiger partial charge in [0, 0.05) is 11.5 Å². The van der Waals surface area contributed by atoms with E-state index in [1.165, 1.54) is 22.3 Å². The Kier molecular flexibility index (Phi) is 5.83. The van der Waals surface area contributed by atoms with Gasteiger partial charge >= 0.3 is 6.09 Å². The van der Waals surface area contributed by atoms with E-state index >= 15 is 0 Å². The summed E-state index contributed by atoms with van der Waals surface area (Å²) >= 11 is 0. The molecule has 0 spiro atoms. The van der Waals surface area contributed by atoms with Crippen LogP contribution in [0.25, 0.3) is 11.1 Å². The fourth-order valence-electron chi connectivity index (χ4n) is 3.87. The first-order chi connectivity index (χ1) is 14.7. The number of aliphatic hydroxyl groups excluding tert-OH is 1. The number of hydrogen-bond acceptors (Lipinski definition) is 3. The number of ether oxygens (including phenoxy) is 1. The van der Waals surface area contributed by atoms with Gasteiger partial charge in [-0.1, -0.05) is 72.5 Å². The molecule has 0 aromatic heterocycles. The Morgan fingerprint density at radius 2 is 1.70 bits per heavy atom. The highest BCUT2D eigenvalue weighted by atomic mass is 16.5. The van der Waals surface area contributed by atoms with Crippen molar-refractivity contribution in [3.8, 4) is 23.0 Å². The van der Waals surface area contributed by atoms with Crippen molar-refractivity contribution in [3.05, 3.63) is 94.5 Å². The molecule has 0 bridgehead atoms. The van der Waals surface area contributed by atoms with Crippen LogP contribution >= 0.6 is 0 Å². The molecule has 0 atom stereocenters. The number of hydrogen-bond donors (Lipinski definition) is 2. The van der Waals surface area contributed by atoms with Crippen molar-refractivity contribution in [3.63, 3.8) is 0 Å². The van der Waals surface area contributed by atoms with Crippen molar-refractivity contribution in [2.24, 2.45) is 0 Å². The minimum absolute atomic E-state index is 0.0118. The molecule has 3 aromatic rings. The number of nitrogens with one attached hydrogen (secondary N) is 1. The number of fused-ring (bicyclic) bond motifs is 3. The van der Waals surface area contributed by atoms with Crippen LogP contribution in [0, 0.1) is 18.8 Å². The molecule has 0 fully saturated rings. The van der Waals surface area contributed by atoms with Crippen molar-refractivity contribution < 1.29 is 14.6 Å². The third-order valence-corrected chi connectivity index (χ3v) is 5.36. The molecule has 3 aromatic carbocycles. The average molecular weight is 397 g/mol. The van der Waals surface area contributed by atoms with Gasteiger partial charge in [-0.15, -0.1) is 0 Å². The summed E-state index contributed by atoms with van der Waals surface area (Å²) in [4.78, 5) is 12.2. The van der Waals surface area contributed by atoms with Crippen LogP contribution < -0.4 is 5.32 Å². The Labute approximate surface area is 176 Å². The molecule has 0 heterocycles. The van der Waals surface area contributed by atoms with E-state index in [9.17, 15) is 4.79 Å². The molecule has 4 nitrogen and oxygen atoms in total. The lowest BCUT2D eigenvalue weighted by Gasteiger charge is -2.14. The highest BCUT2D eigenvalue weighted by Crippen LogP contribution is 2.44. The molecular formula is C26H23NO3. The van der Waals surface area contributed by atoms with Gasteiger partial charge < -0.3 is 15.2 Å². The maximum Gasteiger partial charge on any atom is 0.407 e. The SMILES string of the molecule is Cc1cc(CO)ccc1C#CCNC(=O)OCC1c2ccccc2-c2ccccc21. The predicted octanol–water partition coefficient (Wildman–Crippen LogP) is 4.38. The zero-order valence-corrected chi connectivity index (χ0v) is 16.8. The summed E-state index contributed by atoms with van der Waals surface area (Å²) in [5.74, 6) is 6.03. The van der Waals surface area contributed by atoms with Gasteiger partial charge in [0.2, 0.25) is 0 Å². The summed E-state index contributed by atoms with van der Waals surface area (Å²) in [6, 6.07) is 22.1. The number of amides is 1. The Morgan fingerprint density at radius 3 is 2.33 bits per heavy atom. The highest BCUT2D eigenvalue weighted by molar-refractivity contribution is 5.79. The summed E-state index contributed by atoms with van der Waals surface area (Å²) in [7, 11) is 0. The molecule has 150 valence electrons. The van der Waals surface area contributed by atoms with Gasteiger partial charge in [-0.2, -0.15) is 0 Å². The smallest absolute Gasteiger partial charge is 0.407 e. The van der Waals surface area contributed by atoms with Crippen molar-refractivity contribution in [2.45, 2.75) is 19.4 Å². The Bertz CT molecular complexity index is 1090. The van der Waals surface area contributed by atoms with Crippen molar-refractivity contribution in [1.29, 1.82) is 0 Å². The third kappa shape index (κ3) is 4.07. The lowest BCUT2D eigenvalue weighted by molar-refractivity contribution is 0.144. The fraction of sp³-hybridized carbons (Fsp3) is 0.192. The lowest BCUT2D eigenvalue weighted by atomic mass is 9.98. The molecule has 0 unspecified atom stereocenters. The number of carbonyl (C=O) groups is 1. The molecule has 0 saturated carbocycles. The zero-order valence-electron chi connectivity index (χ0n) is 16.8. The molecule has 0 radical (unpaired) electrons. The molecule has 4 heteroatoms. The van der Waals surface area contributed by atoms with Gasteiger partial charge in [-0.3, -0.25) is 0 Å². The fourth-order valence-corrected chi connectivity index (χ4v) is 3.87. The summed E-state index contributed by atoms with van der Waals surface area (Å²) < 4.78 is 5.50. The van der Waals surface area contributed by atoms with Gasteiger partial charge in [0.1, 0.15) is 6.61 Å². The topological polar surface area (TPSA) is 58.6 Å². The molecule has 0 saturated heterocycles. The Morgan fingerprint density at radius 1 is 1.03 bits per heavy atom. The first-order valence-electron chi connectivity index (χ1n) is 9.95. The minimum Gasteiger partial charge on any atom is -0.449 e. The standard InChI is InChI=1S/C26H23NO3/c1-18-15-19(16-28)12-13-20(18)7-6-14-27-26(29)30-17-25-23-10-4-2-8-21(23)22-9-3-5-11-24(22)25/h2-5,8-13,15,25,28H,14,16-17H2,1H3,(H,27,29). The van der Waals surface area contributed by atoms with E-state index in [-0.39, 0.29) is 25.7 Å². The summed E-state index contributed by atoms with van der Waals surface area (Å²) in [6.45, 7) is 2.45. The number of rotatable bonds is 4. The second-order valence-electron chi connectivity index (χ2n) is 7.29. The number of carbonyl (C=O) groups excluding carboxylic acids is 1. The molecular weight excluding hydrogens is 374 g/mol. The summed E-state index contributed by atoms with van der Waals surface area (Å²) in [5, 5.41) is 11.9. The molecule has 2 N–H and O–H groups in total. The second-order valence-corrected chi connectivity index (χ2v) is 7.29. The van der Waals surface area contributed by atoms with Crippen LogP contribution in [0.1, 0.15) is 33.7 Å². The van der Waals surface area contributed by atoms with Crippen LogP contribution in [0.4, 0.5) is 4.79 Å². The van der Waals surface area contributed by atoms with Crippen LogP contribution in [0.2, 0.25) is 0 Å². The maximum absolute atomic E-state index is 12.2. The quantitative estimate of drug-likeness (QED) is 0.643. The van der Waals surface area contributed by atoms with Gasteiger partial charge in [0.15, 0.2) is 0 Å². The molecule has 1 aliphatic carbocycles. The van der Waals surface area contributed by atoms with Crippen molar-refractivity contribution >= 4 is 6.09 Å². The van der Waals surface area contributed by atoms with E-state index in [1.807, 2.05) is 49.4 Å². The second kappa shape index (κ2) is 8.86. The van der Waals surface area contributed by atoms with Gasteiger partial charge in [0.25, 0.3) is 0 Å². The van der Waals surface area contributed by atoms with Crippen LogP contribution in [-0.4, -0.2) is 24.4 Å². The molecule has 1 amide bonds. The Balaban J connectivity index is 1.34. The van der Waals surface area contributed by atoms with E-state index in [2.05, 4.69) is 41.4 Å². The minimum atomic E-state index is -0.474. The summed E-state index contributed by atoms with van der Waals surface area (Å²) in [5.41, 5.74) is 7.51. The van der Waals surface area contributed by atoms with Crippen LogP contribution in [-0.2, 0) is 11.3 Å². The van der Waals surface area contributed by atoms with E-state index in [0.29, 0.717) is 0 Å². The van der Waals surface area contributed by atoms with Crippen LogP contribution in [0.3, 0.4) is 0 Å². The molecule has 30 heavy (non-hydrogen) atoms. The third-order valence-electron chi connectivity index (χ3n) is 5.36. The monoisotopic (exact) mass is 397 g/mol. The van der Waals surface area contributed by atoms with E-state index in [1.54, 1.807) is 0 Å². The predicted molar refractivity (Wildman–Crippen MR) is 117 cm³/mol. The number of benzene rings is 3. The number of alkyl carbamates (subject to hydrolysis) is 1. The van der Waals surface area contributed by atoms with E-state index in [4.69, 9.17) is 9.84 Å². The van der Waals surface area contributed by atoms with E-state index < -0.39 is 6.09 Å². The van der Waals surface area contributed by atoms with Crippen molar-refractivity contribution in [1.82, 2.24) is 5.32 Å². The largest absolute Gasteiger partial charge is 0.449 e. The molecule has 4 rings (SSSR count). The van der Waals surface area contributed by atoms with Gasteiger partial charge in [-0.25, -0.2) is 4.79 Å². The first-order valence-corrected chi connectivity index (χ1v) is 9.95. The van der Waals surface area contributed by atoms with E-state index in [0.717, 1.165) is 16.7 Å². The molecule has 0 aliphatic heterocycles. The maximum atomic E-state index is 12.2. The average Bonchev–Trinajstić information content (AvgIpc) is 3.10. The van der Waals surface area contributed by atoms with Crippen LogP contribution in [0.15, 0.2) is 66.7 Å². The van der Waals surface area contributed by atoms with Gasteiger partial charge in [0.05, 0.1) is 13.2 Å². The van der Waals surface area contributed by atoms with Gasteiger partial charge in [-0.05, 0) is 46.4 Å². The first kappa shape index (κ1) is 19.8. The summed E-state index contributed by atoms with van der Waals surface area (Å²) in [6.07, 6.45) is -0.474. The van der Waals surface area contributed by atoms with Crippen molar-refractivity contribution in [2.75, 3.05) is 13.2 Å². The zero-order chi connectivity index (χ0) is 20.9. The molecule has 1 aliphatic rings. The number of aryl methyl sites for hydroxylation is 1. The lowest BCUT2D eigenvalue weighted by Crippen LogP contribution is -2.26.